The molecule has 1 aromatic carbocycles. The number of ether oxygens (including phenoxy) is 1. The molecule has 2 aromatic rings. The number of benzene rings is 1. The molecule has 0 N–H and O–H groups in total. The minimum absolute atomic E-state index is 0.0292. The maximum atomic E-state index is 13.3. The molecule has 5 rings (SSSR count). The molecular weight excluding hydrogens is 400 g/mol. The lowest BCUT2D eigenvalue weighted by Crippen LogP contribution is -2.54. The first kappa shape index (κ1) is 18.6. The summed E-state index contributed by atoms with van der Waals surface area (Å²) in [4.78, 5) is 2.31. The average Bonchev–Trinajstić information content (AvgIpc) is 3.19. The van der Waals surface area contributed by atoms with E-state index in [9.17, 15) is 8.42 Å². The molecule has 3 saturated heterocycles. The number of rotatable bonds is 4. The highest BCUT2D eigenvalue weighted by Gasteiger charge is 2.64. The predicted octanol–water partition coefficient (Wildman–Crippen LogP) is 1.63. The quantitative estimate of drug-likeness (QED) is 0.749. The van der Waals surface area contributed by atoms with Crippen LogP contribution in [0, 0.1) is 0 Å². The highest BCUT2D eigenvalue weighted by molar-refractivity contribution is 7.90. The van der Waals surface area contributed by atoms with Crippen LogP contribution in [0.1, 0.15) is 17.5 Å². The molecule has 3 fully saturated rings. The molecule has 0 saturated carbocycles. The zero-order valence-corrected chi connectivity index (χ0v) is 17.2. The van der Waals surface area contributed by atoms with Crippen molar-refractivity contribution in [2.75, 3.05) is 19.6 Å². The van der Waals surface area contributed by atoms with E-state index < -0.39 is 20.9 Å². The lowest BCUT2D eigenvalue weighted by Gasteiger charge is -2.39. The third-order valence-electron chi connectivity index (χ3n) is 5.99. The SMILES string of the molecule is Cn1cc(CN2C[C@@H]3C[C@@H]4[C@@](C2)(CN(Cc2cccc(Cl)c2)S4(=O)=O)O3)cn1. The molecule has 150 valence electrons. The number of sulfonamides is 1. The molecule has 7 nitrogen and oxygen atoms in total. The molecule has 0 radical (unpaired) electrons. The van der Waals surface area contributed by atoms with E-state index >= 15 is 0 Å². The summed E-state index contributed by atoms with van der Waals surface area (Å²) in [7, 11) is -1.51. The zero-order chi connectivity index (χ0) is 19.5. The average molecular weight is 423 g/mol. The van der Waals surface area contributed by atoms with Crippen molar-refractivity contribution in [1.82, 2.24) is 19.0 Å². The maximum absolute atomic E-state index is 13.3. The van der Waals surface area contributed by atoms with Gasteiger partial charge in [0.2, 0.25) is 10.0 Å². The number of aromatic nitrogens is 2. The lowest BCUT2D eigenvalue weighted by atomic mass is 9.99. The smallest absolute Gasteiger partial charge is 0.220 e. The molecular formula is C19H23ClN4O3S. The Morgan fingerprint density at radius 1 is 1.29 bits per heavy atom. The van der Waals surface area contributed by atoms with E-state index in [1.165, 1.54) is 0 Å². The number of hydrogen-bond donors (Lipinski definition) is 0. The Bertz CT molecular complexity index is 1010. The second-order valence-corrected chi connectivity index (χ2v) is 10.7. The second-order valence-electron chi connectivity index (χ2n) is 8.16. The van der Waals surface area contributed by atoms with E-state index in [0.717, 1.165) is 24.2 Å². The van der Waals surface area contributed by atoms with Gasteiger partial charge in [0.15, 0.2) is 0 Å². The Kier molecular flexibility index (Phi) is 4.33. The lowest BCUT2D eigenvalue weighted by molar-refractivity contribution is -0.110. The van der Waals surface area contributed by atoms with Crippen LogP contribution in [0.25, 0.3) is 0 Å². The molecule has 28 heavy (non-hydrogen) atoms. The second kappa shape index (κ2) is 6.53. The van der Waals surface area contributed by atoms with Crippen LogP contribution in [0.5, 0.6) is 0 Å². The molecule has 4 heterocycles. The summed E-state index contributed by atoms with van der Waals surface area (Å²) >= 11 is 6.07. The summed E-state index contributed by atoms with van der Waals surface area (Å²) in [5, 5.41) is 4.38. The van der Waals surface area contributed by atoms with E-state index in [4.69, 9.17) is 16.3 Å². The number of halogens is 1. The normalized spacial score (nSPS) is 31.9. The fraction of sp³-hybridized carbons (Fsp3) is 0.526. The first-order chi connectivity index (χ1) is 13.3. The standard InChI is InChI=1S/C19H23ClN4O3S/c1-22-8-15(7-21-22)9-23-11-17-6-18-19(12-23,27-17)13-24(28(18,25)26)10-14-3-2-4-16(20)5-14/h2-5,7-8,17-18H,6,9-13H2,1H3/t17-,18+,19+/m0/s1. The Balaban J connectivity index is 1.38. The number of aryl methyl sites for hydroxylation is 1. The van der Waals surface area contributed by atoms with Crippen LogP contribution in [0.2, 0.25) is 5.02 Å². The van der Waals surface area contributed by atoms with Crippen molar-refractivity contribution in [3.63, 3.8) is 0 Å². The van der Waals surface area contributed by atoms with Gasteiger partial charge in [-0.05, 0) is 24.1 Å². The summed E-state index contributed by atoms with van der Waals surface area (Å²) in [6.45, 7) is 2.87. The minimum Gasteiger partial charge on any atom is -0.366 e. The van der Waals surface area contributed by atoms with Gasteiger partial charge >= 0.3 is 0 Å². The van der Waals surface area contributed by atoms with Crippen molar-refractivity contribution in [3.8, 4) is 0 Å². The van der Waals surface area contributed by atoms with Crippen LogP contribution in [0.4, 0.5) is 0 Å². The molecule has 2 bridgehead atoms. The molecule has 3 aliphatic heterocycles. The third-order valence-corrected chi connectivity index (χ3v) is 8.55. The summed E-state index contributed by atoms with van der Waals surface area (Å²) in [6, 6.07) is 7.37. The zero-order valence-electron chi connectivity index (χ0n) is 15.7. The largest absolute Gasteiger partial charge is 0.366 e. The molecule has 0 amide bonds. The van der Waals surface area contributed by atoms with E-state index in [2.05, 4.69) is 10.00 Å². The van der Waals surface area contributed by atoms with E-state index in [0.29, 0.717) is 31.1 Å². The monoisotopic (exact) mass is 422 g/mol. The summed E-state index contributed by atoms with van der Waals surface area (Å²) in [5.41, 5.74) is 1.38. The van der Waals surface area contributed by atoms with E-state index in [1.54, 1.807) is 15.1 Å². The molecule has 0 aliphatic carbocycles. The van der Waals surface area contributed by atoms with Crippen LogP contribution >= 0.6 is 11.6 Å². The maximum Gasteiger partial charge on any atom is 0.220 e. The van der Waals surface area contributed by atoms with Gasteiger partial charge in [-0.15, -0.1) is 0 Å². The molecule has 1 aromatic heterocycles. The van der Waals surface area contributed by atoms with E-state index in [1.807, 2.05) is 37.6 Å². The van der Waals surface area contributed by atoms with Gasteiger partial charge in [-0.25, -0.2) is 8.42 Å². The van der Waals surface area contributed by atoms with Crippen molar-refractivity contribution in [3.05, 3.63) is 52.8 Å². The molecule has 3 atom stereocenters. The number of nitrogens with zero attached hydrogens (tertiary/aromatic N) is 4. The number of morpholine rings is 1. The highest BCUT2D eigenvalue weighted by Crippen LogP contribution is 2.47. The fourth-order valence-corrected chi connectivity index (χ4v) is 7.46. The Labute approximate surface area is 169 Å². The van der Waals surface area contributed by atoms with Crippen LogP contribution in [-0.4, -0.2) is 64.0 Å². The van der Waals surface area contributed by atoms with Gasteiger partial charge in [0.05, 0.1) is 12.3 Å². The predicted molar refractivity (Wildman–Crippen MR) is 105 cm³/mol. The van der Waals surface area contributed by atoms with Crippen molar-refractivity contribution in [2.45, 2.75) is 36.5 Å². The van der Waals surface area contributed by atoms with Gasteiger partial charge in [-0.3, -0.25) is 9.58 Å². The Morgan fingerprint density at radius 3 is 2.89 bits per heavy atom. The van der Waals surface area contributed by atoms with Crippen molar-refractivity contribution >= 4 is 21.6 Å². The first-order valence-corrected chi connectivity index (χ1v) is 11.3. The summed E-state index contributed by atoms with van der Waals surface area (Å²) in [5.74, 6) is 0. The molecule has 9 heteroatoms. The summed E-state index contributed by atoms with van der Waals surface area (Å²) in [6.07, 6.45) is 4.41. The number of fused-ring (bicyclic) bond motifs is 1. The van der Waals surface area contributed by atoms with Gasteiger partial charge in [0.1, 0.15) is 10.9 Å². The van der Waals surface area contributed by atoms with Crippen LogP contribution < -0.4 is 0 Å². The van der Waals surface area contributed by atoms with Gasteiger partial charge in [-0.1, -0.05) is 23.7 Å². The molecule has 1 spiro atoms. The summed E-state index contributed by atoms with van der Waals surface area (Å²) < 4.78 is 36.2. The van der Waals surface area contributed by atoms with Crippen LogP contribution in [0.3, 0.4) is 0 Å². The van der Waals surface area contributed by atoms with Crippen molar-refractivity contribution in [2.24, 2.45) is 7.05 Å². The van der Waals surface area contributed by atoms with Crippen molar-refractivity contribution < 1.29 is 13.2 Å². The number of likely N-dealkylation sites (tertiary alicyclic amines) is 1. The van der Waals surface area contributed by atoms with Crippen LogP contribution in [0.15, 0.2) is 36.7 Å². The third kappa shape index (κ3) is 3.07. The first-order valence-electron chi connectivity index (χ1n) is 9.45. The van der Waals surface area contributed by atoms with Gasteiger partial charge < -0.3 is 4.74 Å². The van der Waals surface area contributed by atoms with E-state index in [-0.39, 0.29) is 6.10 Å². The van der Waals surface area contributed by atoms with Crippen molar-refractivity contribution in [1.29, 1.82) is 0 Å². The molecule has 3 aliphatic rings. The number of hydrogen-bond acceptors (Lipinski definition) is 5. The van der Waals surface area contributed by atoms with Gasteiger partial charge in [0, 0.05) is 56.6 Å². The van der Waals surface area contributed by atoms with Gasteiger partial charge in [-0.2, -0.15) is 9.40 Å². The van der Waals surface area contributed by atoms with Crippen LogP contribution in [-0.2, 0) is 34.9 Å². The topological polar surface area (TPSA) is 67.7 Å². The molecule has 0 unspecified atom stereocenters. The van der Waals surface area contributed by atoms with Gasteiger partial charge in [0.25, 0.3) is 0 Å². The Morgan fingerprint density at radius 2 is 2.14 bits per heavy atom. The minimum atomic E-state index is -3.41. The highest BCUT2D eigenvalue weighted by atomic mass is 35.5. The Hall–Kier alpha value is -1.45. The fourth-order valence-electron chi connectivity index (χ4n) is 4.96.